The van der Waals surface area contributed by atoms with Crippen molar-refractivity contribution >= 4 is 17.6 Å². The molecule has 3 N–H and O–H groups in total. The second-order valence-corrected chi connectivity index (χ2v) is 11.9. The van der Waals surface area contributed by atoms with Gasteiger partial charge in [-0.3, -0.25) is 19.0 Å². The number of unbranched alkanes of at least 4 members (excludes halogenated alkanes) is 2. The molecule has 46 heavy (non-hydrogen) atoms. The van der Waals surface area contributed by atoms with E-state index in [2.05, 4.69) is 19.2 Å². The maximum atomic E-state index is 15.2. The van der Waals surface area contributed by atoms with Crippen molar-refractivity contribution in [3.05, 3.63) is 87.2 Å². The van der Waals surface area contributed by atoms with Crippen molar-refractivity contribution < 1.29 is 36.6 Å². The van der Waals surface area contributed by atoms with Gasteiger partial charge in [0, 0.05) is 24.3 Å². The number of anilines is 1. The van der Waals surface area contributed by atoms with Gasteiger partial charge in [-0.25, -0.2) is 17.6 Å². The Bertz CT molecular complexity index is 1580. The minimum Gasteiger partial charge on any atom is -0.493 e. The summed E-state index contributed by atoms with van der Waals surface area (Å²) in [4.78, 5) is 38.2. The van der Waals surface area contributed by atoms with Gasteiger partial charge >= 0.3 is 5.97 Å². The lowest BCUT2D eigenvalue weighted by molar-refractivity contribution is -0.151. The predicted octanol–water partition coefficient (Wildman–Crippen LogP) is 6.25. The molecule has 1 aliphatic carbocycles. The maximum absolute atomic E-state index is 15.2. The number of carbonyl (C=O) groups is 2. The van der Waals surface area contributed by atoms with E-state index in [1.807, 2.05) is 0 Å². The van der Waals surface area contributed by atoms with Crippen molar-refractivity contribution in [3.8, 4) is 11.4 Å². The van der Waals surface area contributed by atoms with Crippen molar-refractivity contribution in [2.75, 3.05) is 18.9 Å². The average Bonchev–Trinajstić information content (AvgIpc) is 3.50. The number of nitrogens with zero attached hydrogens (tertiary/aromatic N) is 1. The summed E-state index contributed by atoms with van der Waals surface area (Å²) in [5.41, 5.74) is 3.29. The molecular weight excluding hydrogens is 606 g/mol. The SMILES string of the molecule is CC(C)C[C@@H](NCCCCCOc1cc(F)c(-n2c(N)c(C(=O)c3ccc(F)cc3F)ccc2=O)c(F)c1)C(=O)OC1CCCC1. The number of hydrogen-bond donors (Lipinski definition) is 2. The molecule has 3 aromatic rings. The number of nitrogens with two attached hydrogens (primary N) is 1. The van der Waals surface area contributed by atoms with Crippen LogP contribution < -0.4 is 21.3 Å². The highest BCUT2D eigenvalue weighted by Gasteiger charge is 2.26. The van der Waals surface area contributed by atoms with E-state index in [0.29, 0.717) is 35.9 Å². The molecule has 2 aromatic carbocycles. The summed E-state index contributed by atoms with van der Waals surface area (Å²) in [5.74, 6) is -6.04. The number of nitrogen functional groups attached to an aromatic ring is 1. The van der Waals surface area contributed by atoms with Gasteiger partial charge < -0.3 is 20.5 Å². The van der Waals surface area contributed by atoms with Crippen LogP contribution in [0.25, 0.3) is 5.69 Å². The van der Waals surface area contributed by atoms with Gasteiger partial charge in [0.15, 0.2) is 17.4 Å². The number of esters is 1. The minimum atomic E-state index is -1.17. The third-order valence-corrected chi connectivity index (χ3v) is 7.82. The Kier molecular flexibility index (Phi) is 12.0. The monoisotopic (exact) mass is 645 g/mol. The van der Waals surface area contributed by atoms with Crippen LogP contribution in [0.2, 0.25) is 0 Å². The summed E-state index contributed by atoms with van der Waals surface area (Å²) < 4.78 is 69.6. The summed E-state index contributed by atoms with van der Waals surface area (Å²) >= 11 is 0. The lowest BCUT2D eigenvalue weighted by Crippen LogP contribution is -2.40. The highest BCUT2D eigenvalue weighted by Crippen LogP contribution is 2.27. The number of aromatic nitrogens is 1. The molecule has 0 radical (unpaired) electrons. The normalized spacial score (nSPS) is 14.1. The zero-order valence-corrected chi connectivity index (χ0v) is 25.9. The zero-order valence-electron chi connectivity index (χ0n) is 25.9. The highest BCUT2D eigenvalue weighted by molar-refractivity contribution is 6.11. The van der Waals surface area contributed by atoms with Gasteiger partial charge in [-0.15, -0.1) is 0 Å². The van der Waals surface area contributed by atoms with E-state index in [9.17, 15) is 23.2 Å². The van der Waals surface area contributed by atoms with Gasteiger partial charge in [-0.2, -0.15) is 0 Å². The van der Waals surface area contributed by atoms with E-state index < -0.39 is 57.2 Å². The molecule has 0 amide bonds. The molecular formula is C34H39F4N3O5. The summed E-state index contributed by atoms with van der Waals surface area (Å²) in [6.07, 6.45) is 6.73. The quantitative estimate of drug-likeness (QED) is 0.0870. The Morgan fingerprint density at radius 2 is 1.61 bits per heavy atom. The maximum Gasteiger partial charge on any atom is 0.323 e. The number of pyridine rings is 1. The van der Waals surface area contributed by atoms with Gasteiger partial charge in [-0.1, -0.05) is 13.8 Å². The van der Waals surface area contributed by atoms with Gasteiger partial charge in [-0.05, 0) is 82.0 Å². The highest BCUT2D eigenvalue weighted by atomic mass is 19.1. The second-order valence-electron chi connectivity index (χ2n) is 11.9. The molecule has 1 aliphatic rings. The van der Waals surface area contributed by atoms with E-state index in [4.69, 9.17) is 15.2 Å². The van der Waals surface area contributed by atoms with Crippen LogP contribution in [0.3, 0.4) is 0 Å². The Labute approximate surface area is 264 Å². The fourth-order valence-electron chi connectivity index (χ4n) is 5.49. The first-order valence-electron chi connectivity index (χ1n) is 15.5. The Hall–Kier alpha value is -4.19. The summed E-state index contributed by atoms with van der Waals surface area (Å²) in [6.45, 7) is 4.86. The number of nitrogens with one attached hydrogen (secondary N) is 1. The van der Waals surface area contributed by atoms with Crippen LogP contribution in [0.4, 0.5) is 23.4 Å². The average molecular weight is 646 g/mol. The van der Waals surface area contributed by atoms with E-state index >= 15 is 8.78 Å². The predicted molar refractivity (Wildman–Crippen MR) is 165 cm³/mol. The lowest BCUT2D eigenvalue weighted by Gasteiger charge is -2.21. The van der Waals surface area contributed by atoms with E-state index in [1.54, 1.807) is 0 Å². The van der Waals surface area contributed by atoms with E-state index in [0.717, 1.165) is 74.9 Å². The zero-order chi connectivity index (χ0) is 33.4. The molecule has 0 unspecified atom stereocenters. The van der Waals surface area contributed by atoms with Gasteiger partial charge in [0.05, 0.1) is 17.7 Å². The van der Waals surface area contributed by atoms with Gasteiger partial charge in [0.25, 0.3) is 5.56 Å². The summed E-state index contributed by atoms with van der Waals surface area (Å²) in [6, 6.07) is 5.58. The molecule has 1 saturated carbocycles. The van der Waals surface area contributed by atoms with Gasteiger partial charge in [0.2, 0.25) is 0 Å². The number of ketones is 1. The molecule has 0 spiro atoms. The molecule has 0 bridgehead atoms. The van der Waals surface area contributed by atoms with Crippen LogP contribution in [0.5, 0.6) is 5.75 Å². The first-order valence-corrected chi connectivity index (χ1v) is 15.5. The van der Waals surface area contributed by atoms with Crippen molar-refractivity contribution in [2.24, 2.45) is 5.92 Å². The Morgan fingerprint density at radius 1 is 0.935 bits per heavy atom. The molecule has 1 atom stereocenters. The number of halogens is 4. The number of rotatable bonds is 15. The molecule has 12 heteroatoms. The number of hydrogen-bond acceptors (Lipinski definition) is 7. The van der Waals surface area contributed by atoms with Crippen LogP contribution in [0.1, 0.15) is 81.1 Å². The van der Waals surface area contributed by atoms with Crippen LogP contribution in [-0.4, -0.2) is 41.6 Å². The van der Waals surface area contributed by atoms with Gasteiger partial charge in [0.1, 0.15) is 41.0 Å². The smallest absolute Gasteiger partial charge is 0.323 e. The van der Waals surface area contributed by atoms with Crippen molar-refractivity contribution in [1.82, 2.24) is 9.88 Å². The third kappa shape index (κ3) is 8.74. The number of ether oxygens (including phenoxy) is 2. The molecule has 1 fully saturated rings. The fourth-order valence-corrected chi connectivity index (χ4v) is 5.49. The lowest BCUT2D eigenvalue weighted by atomic mass is 10.0. The third-order valence-electron chi connectivity index (χ3n) is 7.82. The van der Waals surface area contributed by atoms with Crippen molar-refractivity contribution in [3.63, 3.8) is 0 Å². The van der Waals surface area contributed by atoms with Crippen molar-refractivity contribution in [1.29, 1.82) is 0 Å². The molecule has 1 heterocycles. The summed E-state index contributed by atoms with van der Waals surface area (Å²) in [5, 5.41) is 3.30. The molecule has 4 rings (SSSR count). The molecule has 8 nitrogen and oxygen atoms in total. The fraction of sp³-hybridized carbons (Fsp3) is 0.441. The van der Waals surface area contributed by atoms with Crippen LogP contribution in [-0.2, 0) is 9.53 Å². The number of carbonyl (C=O) groups excluding carboxylic acids is 2. The van der Waals surface area contributed by atoms with E-state index in [-0.39, 0.29) is 30.5 Å². The van der Waals surface area contributed by atoms with Crippen LogP contribution in [0, 0.1) is 29.2 Å². The molecule has 1 aromatic heterocycles. The summed E-state index contributed by atoms with van der Waals surface area (Å²) in [7, 11) is 0. The largest absolute Gasteiger partial charge is 0.493 e. The topological polar surface area (TPSA) is 113 Å². The van der Waals surface area contributed by atoms with Crippen LogP contribution in [0.15, 0.2) is 47.3 Å². The molecule has 0 aliphatic heterocycles. The first kappa shape index (κ1) is 34.7. The van der Waals surface area contributed by atoms with E-state index in [1.165, 1.54) is 0 Å². The molecule has 248 valence electrons. The van der Waals surface area contributed by atoms with Crippen molar-refractivity contribution in [2.45, 2.75) is 77.4 Å². The standard InChI is InChI=1S/C34H39F4N3O5/c1-20(2)16-29(34(44)46-22-8-4-5-9-22)40-14-6-3-7-15-45-23-18-27(37)31(28(38)19-23)41-30(42)13-12-25(33(41)39)32(43)24-11-10-21(35)17-26(24)36/h10-13,17-20,22,29,40H,3-9,14-16,39H2,1-2H3/t29-/m1/s1. The van der Waals surface area contributed by atoms with Crippen LogP contribution >= 0.6 is 0 Å². The molecule has 0 saturated heterocycles. The first-order chi connectivity index (χ1) is 22.0. The number of benzene rings is 2. The second kappa shape index (κ2) is 15.9. The minimum absolute atomic E-state index is 0.0104. The Balaban J connectivity index is 1.33. The Morgan fingerprint density at radius 3 is 2.26 bits per heavy atom.